The molecule has 1 N–H and O–H groups in total. The Hall–Kier alpha value is -1.32. The highest BCUT2D eigenvalue weighted by atomic mass is 32.1. The number of hydrogen-bond acceptors (Lipinski definition) is 3. The second-order valence-corrected chi connectivity index (χ2v) is 6.73. The molecule has 1 atom stereocenters. The Morgan fingerprint density at radius 1 is 1.35 bits per heavy atom. The van der Waals surface area contributed by atoms with Crippen LogP contribution in [0.5, 0.6) is 0 Å². The molecule has 2 heterocycles. The van der Waals surface area contributed by atoms with E-state index in [2.05, 4.69) is 59.9 Å². The van der Waals surface area contributed by atoms with E-state index in [0.29, 0.717) is 6.04 Å². The maximum atomic E-state index is 3.63. The summed E-state index contributed by atoms with van der Waals surface area (Å²) in [7, 11) is 2.17. The minimum Gasteiger partial charge on any atom is -0.374 e. The molecule has 3 rings (SSSR count). The Bertz CT molecular complexity index is 562. The van der Waals surface area contributed by atoms with E-state index in [1.54, 1.807) is 0 Å². The van der Waals surface area contributed by atoms with E-state index in [4.69, 9.17) is 0 Å². The first-order valence-corrected chi connectivity index (χ1v) is 8.19. The number of thiophene rings is 1. The zero-order valence-electron chi connectivity index (χ0n) is 12.2. The van der Waals surface area contributed by atoms with Gasteiger partial charge in [0, 0.05) is 36.7 Å². The molecule has 1 aliphatic rings. The van der Waals surface area contributed by atoms with E-state index in [1.807, 2.05) is 11.3 Å². The van der Waals surface area contributed by atoms with Crippen LogP contribution in [-0.4, -0.2) is 19.6 Å². The van der Waals surface area contributed by atoms with Crippen molar-refractivity contribution in [3.63, 3.8) is 0 Å². The highest BCUT2D eigenvalue weighted by Gasteiger charge is 2.15. The molecule has 0 amide bonds. The highest BCUT2D eigenvalue weighted by Crippen LogP contribution is 2.27. The highest BCUT2D eigenvalue weighted by molar-refractivity contribution is 7.09. The van der Waals surface area contributed by atoms with Crippen molar-refractivity contribution >= 4 is 17.0 Å². The molecule has 106 valence electrons. The van der Waals surface area contributed by atoms with Crippen molar-refractivity contribution < 1.29 is 0 Å². The third-order valence-corrected chi connectivity index (χ3v) is 4.91. The molecule has 0 aliphatic carbocycles. The zero-order valence-corrected chi connectivity index (χ0v) is 13.0. The first-order valence-electron chi connectivity index (χ1n) is 7.31. The molecule has 3 heteroatoms. The molecular formula is C17H22N2S. The molecule has 0 bridgehead atoms. The smallest absolute Gasteiger partial charge is 0.0397 e. The lowest BCUT2D eigenvalue weighted by molar-refractivity contribution is 0.548. The van der Waals surface area contributed by atoms with Crippen LogP contribution >= 0.6 is 11.3 Å². The van der Waals surface area contributed by atoms with Crippen LogP contribution in [0.4, 0.5) is 5.69 Å². The lowest BCUT2D eigenvalue weighted by Crippen LogP contribution is -2.27. The van der Waals surface area contributed by atoms with Crippen LogP contribution in [0, 0.1) is 0 Å². The molecule has 0 fully saturated rings. The lowest BCUT2D eigenvalue weighted by atomic mass is 10.1. The van der Waals surface area contributed by atoms with Gasteiger partial charge in [0.1, 0.15) is 0 Å². The molecule has 1 aliphatic heterocycles. The van der Waals surface area contributed by atoms with Crippen molar-refractivity contribution in [1.82, 2.24) is 5.32 Å². The molecular weight excluding hydrogens is 264 g/mol. The minimum absolute atomic E-state index is 0.518. The van der Waals surface area contributed by atoms with Gasteiger partial charge in [0.2, 0.25) is 0 Å². The average Bonchev–Trinajstić information content (AvgIpc) is 3.07. The quantitative estimate of drug-likeness (QED) is 0.905. The van der Waals surface area contributed by atoms with Crippen LogP contribution in [0.25, 0.3) is 0 Å². The number of likely N-dealkylation sites (N-methyl/N-ethyl adjacent to an activating group) is 1. The second kappa shape index (κ2) is 5.98. The van der Waals surface area contributed by atoms with Gasteiger partial charge >= 0.3 is 0 Å². The fourth-order valence-electron chi connectivity index (χ4n) is 2.82. The molecule has 0 radical (unpaired) electrons. The molecule has 1 aromatic carbocycles. The average molecular weight is 286 g/mol. The molecule has 0 saturated carbocycles. The summed E-state index contributed by atoms with van der Waals surface area (Å²) in [6.07, 6.45) is 2.30. The largest absolute Gasteiger partial charge is 0.374 e. The first kappa shape index (κ1) is 13.7. The van der Waals surface area contributed by atoms with E-state index in [9.17, 15) is 0 Å². The van der Waals surface area contributed by atoms with Crippen LogP contribution in [-0.2, 0) is 19.4 Å². The standard InChI is InChI=1S/C17H22N2S/c1-13(10-16-4-3-9-20-16)18-12-14-5-6-17-15(11-14)7-8-19(17)2/h3-6,9,11,13,18H,7-8,10,12H2,1-2H3. The monoisotopic (exact) mass is 286 g/mol. The summed E-state index contributed by atoms with van der Waals surface area (Å²) < 4.78 is 0. The fraction of sp³-hybridized carbons (Fsp3) is 0.412. The number of nitrogens with zero attached hydrogens (tertiary/aromatic N) is 1. The Morgan fingerprint density at radius 3 is 3.05 bits per heavy atom. The van der Waals surface area contributed by atoms with Crippen molar-refractivity contribution in [2.24, 2.45) is 0 Å². The molecule has 1 aromatic heterocycles. The second-order valence-electron chi connectivity index (χ2n) is 5.70. The maximum absolute atomic E-state index is 3.63. The van der Waals surface area contributed by atoms with Crippen LogP contribution in [0.2, 0.25) is 0 Å². The van der Waals surface area contributed by atoms with Crippen molar-refractivity contribution in [1.29, 1.82) is 0 Å². The van der Waals surface area contributed by atoms with Gasteiger partial charge in [-0.3, -0.25) is 0 Å². The molecule has 0 spiro atoms. The predicted molar refractivity (Wildman–Crippen MR) is 87.7 cm³/mol. The van der Waals surface area contributed by atoms with Crippen molar-refractivity contribution in [2.75, 3.05) is 18.5 Å². The van der Waals surface area contributed by atoms with Gasteiger partial charge in [-0.2, -0.15) is 0 Å². The molecule has 2 aromatic rings. The predicted octanol–water partition coefficient (Wildman–Crippen LogP) is 3.46. The Balaban J connectivity index is 1.56. The minimum atomic E-state index is 0.518. The molecule has 0 saturated heterocycles. The van der Waals surface area contributed by atoms with Gasteiger partial charge in [-0.15, -0.1) is 11.3 Å². The first-order chi connectivity index (χ1) is 9.72. The Labute approximate surface area is 125 Å². The van der Waals surface area contributed by atoms with E-state index in [0.717, 1.165) is 19.5 Å². The zero-order chi connectivity index (χ0) is 13.9. The number of nitrogens with one attached hydrogen (secondary N) is 1. The summed E-state index contributed by atoms with van der Waals surface area (Å²) in [5, 5.41) is 5.78. The third kappa shape index (κ3) is 3.05. The fourth-order valence-corrected chi connectivity index (χ4v) is 3.66. The van der Waals surface area contributed by atoms with Gasteiger partial charge in [0.25, 0.3) is 0 Å². The van der Waals surface area contributed by atoms with Crippen LogP contribution in [0.15, 0.2) is 35.7 Å². The number of rotatable bonds is 5. The number of anilines is 1. The summed E-state index contributed by atoms with van der Waals surface area (Å²) in [4.78, 5) is 3.80. The molecule has 2 nitrogen and oxygen atoms in total. The van der Waals surface area contributed by atoms with E-state index in [1.165, 1.54) is 28.1 Å². The Morgan fingerprint density at radius 2 is 2.25 bits per heavy atom. The topological polar surface area (TPSA) is 15.3 Å². The summed E-state index contributed by atoms with van der Waals surface area (Å²) in [6, 6.07) is 11.8. The lowest BCUT2D eigenvalue weighted by Gasteiger charge is -2.15. The van der Waals surface area contributed by atoms with Crippen LogP contribution in [0.1, 0.15) is 22.9 Å². The maximum Gasteiger partial charge on any atom is 0.0397 e. The van der Waals surface area contributed by atoms with Crippen molar-refractivity contribution in [2.45, 2.75) is 32.4 Å². The van der Waals surface area contributed by atoms with Gasteiger partial charge in [-0.25, -0.2) is 0 Å². The summed E-state index contributed by atoms with van der Waals surface area (Å²) in [5.41, 5.74) is 4.30. The summed E-state index contributed by atoms with van der Waals surface area (Å²) >= 11 is 1.84. The Kier molecular flexibility index (Phi) is 4.08. The summed E-state index contributed by atoms with van der Waals surface area (Å²) in [5.74, 6) is 0. The van der Waals surface area contributed by atoms with E-state index < -0.39 is 0 Å². The number of hydrogen-bond donors (Lipinski definition) is 1. The van der Waals surface area contributed by atoms with Crippen LogP contribution < -0.4 is 10.2 Å². The van der Waals surface area contributed by atoms with Crippen molar-refractivity contribution in [3.05, 3.63) is 51.7 Å². The van der Waals surface area contributed by atoms with Gasteiger partial charge in [-0.1, -0.05) is 18.2 Å². The van der Waals surface area contributed by atoms with E-state index >= 15 is 0 Å². The molecule has 1 unspecified atom stereocenters. The van der Waals surface area contributed by atoms with Crippen LogP contribution in [0.3, 0.4) is 0 Å². The van der Waals surface area contributed by atoms with Gasteiger partial charge in [0.15, 0.2) is 0 Å². The van der Waals surface area contributed by atoms with Crippen molar-refractivity contribution in [3.8, 4) is 0 Å². The summed E-state index contributed by atoms with van der Waals surface area (Å²) in [6.45, 7) is 4.38. The van der Waals surface area contributed by atoms with Gasteiger partial charge in [-0.05, 0) is 48.4 Å². The van der Waals surface area contributed by atoms with Gasteiger partial charge in [0.05, 0.1) is 0 Å². The number of benzene rings is 1. The third-order valence-electron chi connectivity index (χ3n) is 4.01. The molecule has 20 heavy (non-hydrogen) atoms. The number of fused-ring (bicyclic) bond motifs is 1. The van der Waals surface area contributed by atoms with E-state index in [-0.39, 0.29) is 0 Å². The van der Waals surface area contributed by atoms with Gasteiger partial charge < -0.3 is 10.2 Å². The SMILES string of the molecule is CC(Cc1cccs1)NCc1ccc2c(c1)CCN2C. The normalized spacial score (nSPS) is 15.4.